The molecule has 3 amide bonds. The zero-order valence-electron chi connectivity index (χ0n) is 17.1. The number of rotatable bonds is 14. The molecule has 13 heteroatoms. The molecule has 0 aromatic carbocycles. The topological polar surface area (TPSA) is 188 Å². The van der Waals surface area contributed by atoms with Crippen LogP contribution in [0.3, 0.4) is 0 Å². The number of hydrogen-bond acceptors (Lipinski definition) is 8. The first-order valence-corrected chi connectivity index (χ1v) is 11.2. The fraction of sp³-hybridized carbons (Fsp3) is 0.706. The minimum Gasteiger partial charge on any atom is -0.481 e. The number of carbonyl (C=O) groups excluding carboxylic acids is 3. The maximum Gasteiger partial charge on any atom is 0.327 e. The lowest BCUT2D eigenvalue weighted by Crippen LogP contribution is -2.58. The monoisotopic (exact) mass is 466 g/mol. The zero-order chi connectivity index (χ0) is 23.4. The minimum absolute atomic E-state index is 0.158. The van der Waals surface area contributed by atoms with Gasteiger partial charge in [0.15, 0.2) is 0 Å². The highest BCUT2D eigenvalue weighted by molar-refractivity contribution is 7.98. The highest BCUT2D eigenvalue weighted by atomic mass is 32.2. The Bertz CT molecular complexity index is 633. The van der Waals surface area contributed by atoms with Crippen LogP contribution >= 0.6 is 24.4 Å². The second-order valence-electron chi connectivity index (χ2n) is 6.85. The molecule has 0 heterocycles. The second-order valence-corrected chi connectivity index (χ2v) is 8.20. The molecule has 0 bridgehead atoms. The summed E-state index contributed by atoms with van der Waals surface area (Å²) >= 11 is 5.27. The molecule has 0 saturated carbocycles. The number of hydrogen-bond donors (Lipinski definition) is 7. The van der Waals surface area contributed by atoms with E-state index in [4.69, 9.17) is 15.9 Å². The summed E-state index contributed by atoms with van der Waals surface area (Å²) in [6.07, 6.45) is 1.23. The third-order valence-corrected chi connectivity index (χ3v) is 5.08. The fourth-order valence-corrected chi connectivity index (χ4v) is 2.91. The lowest BCUT2D eigenvalue weighted by atomic mass is 10.0. The van der Waals surface area contributed by atoms with Gasteiger partial charge in [0.2, 0.25) is 17.7 Å². The van der Waals surface area contributed by atoms with Crippen LogP contribution in [0.4, 0.5) is 0 Å². The highest BCUT2D eigenvalue weighted by Crippen LogP contribution is 2.05. The Kier molecular flexibility index (Phi) is 13.2. The number of aliphatic carboxylic acids is 2. The number of carboxylic acids is 2. The molecular weight excluding hydrogens is 436 g/mol. The van der Waals surface area contributed by atoms with Crippen LogP contribution in [0.2, 0.25) is 0 Å². The van der Waals surface area contributed by atoms with Gasteiger partial charge in [-0.2, -0.15) is 24.4 Å². The number of nitrogens with two attached hydrogens (primary N) is 1. The van der Waals surface area contributed by atoms with Gasteiger partial charge in [0.25, 0.3) is 0 Å². The van der Waals surface area contributed by atoms with Gasteiger partial charge in [-0.05, 0) is 24.3 Å². The van der Waals surface area contributed by atoms with Crippen LogP contribution in [0.5, 0.6) is 0 Å². The average Bonchev–Trinajstić information content (AvgIpc) is 2.66. The molecule has 4 atom stereocenters. The summed E-state index contributed by atoms with van der Waals surface area (Å²) in [5, 5.41) is 25.1. The molecule has 172 valence electrons. The third-order valence-electron chi connectivity index (χ3n) is 4.07. The Labute approximate surface area is 184 Å². The van der Waals surface area contributed by atoms with Gasteiger partial charge in [0.05, 0.1) is 12.5 Å². The van der Waals surface area contributed by atoms with E-state index in [1.807, 2.05) is 0 Å². The van der Waals surface area contributed by atoms with E-state index < -0.39 is 60.2 Å². The molecule has 0 aromatic heterocycles. The van der Waals surface area contributed by atoms with Crippen molar-refractivity contribution in [3.63, 3.8) is 0 Å². The van der Waals surface area contributed by atoms with Crippen molar-refractivity contribution >= 4 is 54.1 Å². The molecule has 7 N–H and O–H groups in total. The van der Waals surface area contributed by atoms with Crippen LogP contribution in [-0.2, 0) is 24.0 Å². The van der Waals surface area contributed by atoms with Gasteiger partial charge >= 0.3 is 11.9 Å². The quantitative estimate of drug-likeness (QED) is 0.152. The first-order chi connectivity index (χ1) is 13.9. The maximum absolute atomic E-state index is 12.6. The largest absolute Gasteiger partial charge is 0.481 e. The molecule has 0 aromatic rings. The number of amides is 3. The summed E-state index contributed by atoms with van der Waals surface area (Å²) in [7, 11) is 0. The summed E-state index contributed by atoms with van der Waals surface area (Å²) in [6, 6.07) is -4.78. The Morgan fingerprint density at radius 3 is 1.87 bits per heavy atom. The van der Waals surface area contributed by atoms with Crippen molar-refractivity contribution in [3.8, 4) is 0 Å². The van der Waals surface area contributed by atoms with Crippen molar-refractivity contribution in [1.82, 2.24) is 16.0 Å². The van der Waals surface area contributed by atoms with Crippen LogP contribution < -0.4 is 21.7 Å². The Morgan fingerprint density at radius 2 is 1.43 bits per heavy atom. The molecule has 0 rings (SSSR count). The van der Waals surface area contributed by atoms with Crippen molar-refractivity contribution in [1.29, 1.82) is 0 Å². The summed E-state index contributed by atoms with van der Waals surface area (Å²) in [6.45, 7) is 3.39. The van der Waals surface area contributed by atoms with E-state index in [2.05, 4.69) is 28.6 Å². The number of carbonyl (C=O) groups is 5. The maximum atomic E-state index is 12.6. The molecule has 30 heavy (non-hydrogen) atoms. The molecule has 0 fully saturated rings. The SMILES string of the molecule is CSCCC(NC(=O)C(CC(=O)O)NC(=O)C(N)C(C)C)C(=O)NC(CS)C(=O)O. The van der Waals surface area contributed by atoms with Gasteiger partial charge in [0, 0.05) is 5.75 Å². The number of thiol groups is 1. The van der Waals surface area contributed by atoms with Crippen LogP contribution in [-0.4, -0.2) is 81.8 Å². The van der Waals surface area contributed by atoms with Crippen molar-refractivity contribution in [2.75, 3.05) is 17.8 Å². The first-order valence-electron chi connectivity index (χ1n) is 9.15. The van der Waals surface area contributed by atoms with E-state index in [-0.39, 0.29) is 18.1 Å². The molecule has 0 saturated heterocycles. The predicted octanol–water partition coefficient (Wildman–Crippen LogP) is -1.33. The van der Waals surface area contributed by atoms with Crippen LogP contribution in [0.15, 0.2) is 0 Å². The lowest BCUT2D eigenvalue weighted by molar-refractivity contribution is -0.142. The molecule has 4 unspecified atom stereocenters. The standard InChI is InChI=1S/C17H30N4O7S2/c1-8(2)13(18)16(26)20-10(6-12(22)23)15(25)19-9(4-5-30-3)14(24)21-11(7-29)17(27)28/h8-11,13,29H,4-7,18H2,1-3H3,(H,19,25)(H,20,26)(H,21,24)(H,22,23)(H,27,28). The van der Waals surface area contributed by atoms with Gasteiger partial charge in [-0.15, -0.1) is 0 Å². The van der Waals surface area contributed by atoms with Crippen LogP contribution in [0, 0.1) is 5.92 Å². The van der Waals surface area contributed by atoms with Crippen LogP contribution in [0.1, 0.15) is 26.7 Å². The van der Waals surface area contributed by atoms with Gasteiger partial charge in [-0.3, -0.25) is 19.2 Å². The Morgan fingerprint density at radius 1 is 0.933 bits per heavy atom. The van der Waals surface area contributed by atoms with Crippen molar-refractivity contribution in [2.24, 2.45) is 11.7 Å². The van der Waals surface area contributed by atoms with E-state index in [1.165, 1.54) is 11.8 Å². The Hall–Kier alpha value is -1.99. The fourth-order valence-electron chi connectivity index (χ4n) is 2.19. The molecule has 0 aliphatic carbocycles. The van der Waals surface area contributed by atoms with E-state index in [0.717, 1.165) is 0 Å². The van der Waals surface area contributed by atoms with Gasteiger partial charge in [-0.1, -0.05) is 13.8 Å². The van der Waals surface area contributed by atoms with E-state index >= 15 is 0 Å². The minimum atomic E-state index is -1.45. The number of carboxylic acid groups (broad SMARTS) is 2. The van der Waals surface area contributed by atoms with Gasteiger partial charge < -0.3 is 31.9 Å². The summed E-state index contributed by atoms with van der Waals surface area (Å²) in [5.41, 5.74) is 5.73. The zero-order valence-corrected chi connectivity index (χ0v) is 18.8. The average molecular weight is 467 g/mol. The summed E-state index contributed by atoms with van der Waals surface area (Å²) < 4.78 is 0. The van der Waals surface area contributed by atoms with E-state index in [1.54, 1.807) is 20.1 Å². The molecular formula is C17H30N4O7S2. The Balaban J connectivity index is 5.40. The summed E-state index contributed by atoms with van der Waals surface area (Å²) in [5.74, 6) is -4.89. The predicted molar refractivity (Wildman–Crippen MR) is 115 cm³/mol. The van der Waals surface area contributed by atoms with Crippen molar-refractivity contribution < 1.29 is 34.2 Å². The van der Waals surface area contributed by atoms with E-state index in [0.29, 0.717) is 5.75 Å². The van der Waals surface area contributed by atoms with Gasteiger partial charge in [-0.25, -0.2) is 4.79 Å². The molecule has 11 nitrogen and oxygen atoms in total. The number of thioether (sulfide) groups is 1. The molecule has 0 aliphatic heterocycles. The normalized spacial score (nSPS) is 14.9. The highest BCUT2D eigenvalue weighted by Gasteiger charge is 2.31. The lowest BCUT2D eigenvalue weighted by Gasteiger charge is -2.24. The molecule has 0 aliphatic rings. The van der Waals surface area contributed by atoms with Crippen molar-refractivity contribution in [3.05, 3.63) is 0 Å². The second kappa shape index (κ2) is 14.1. The van der Waals surface area contributed by atoms with E-state index in [9.17, 15) is 24.0 Å². The van der Waals surface area contributed by atoms with Crippen molar-refractivity contribution in [2.45, 2.75) is 50.9 Å². The van der Waals surface area contributed by atoms with Gasteiger partial charge in [0.1, 0.15) is 18.1 Å². The third kappa shape index (κ3) is 10.2. The number of nitrogens with one attached hydrogen (secondary N) is 3. The molecule has 0 spiro atoms. The first kappa shape index (κ1) is 28.0. The van der Waals surface area contributed by atoms with Crippen LogP contribution in [0.25, 0.3) is 0 Å². The summed E-state index contributed by atoms with van der Waals surface area (Å²) in [4.78, 5) is 59.5. The molecule has 0 radical (unpaired) electrons. The smallest absolute Gasteiger partial charge is 0.327 e.